The molecule has 5 nitrogen and oxygen atoms in total. The van der Waals surface area contributed by atoms with Crippen LogP contribution in [0.25, 0.3) is 0 Å². The molecule has 19 heavy (non-hydrogen) atoms. The zero-order chi connectivity index (χ0) is 13.9. The summed E-state index contributed by atoms with van der Waals surface area (Å²) in [5, 5.41) is 3.99. The molecule has 0 bridgehead atoms. The molecule has 102 valence electrons. The van der Waals surface area contributed by atoms with Crippen LogP contribution in [0.3, 0.4) is 0 Å². The summed E-state index contributed by atoms with van der Waals surface area (Å²) in [4.78, 5) is 6.48. The zero-order valence-electron chi connectivity index (χ0n) is 11.6. The van der Waals surface area contributed by atoms with E-state index in [2.05, 4.69) is 15.0 Å². The maximum absolute atomic E-state index is 6.32. The second-order valence-electron chi connectivity index (χ2n) is 5.14. The van der Waals surface area contributed by atoms with Gasteiger partial charge in [-0.25, -0.2) is 0 Å². The number of aromatic nitrogens is 2. The fourth-order valence-electron chi connectivity index (χ4n) is 1.80. The van der Waals surface area contributed by atoms with Crippen LogP contribution in [-0.2, 0) is 12.0 Å². The van der Waals surface area contributed by atoms with Gasteiger partial charge in [-0.2, -0.15) is 4.98 Å². The molecule has 1 aromatic carbocycles. The summed E-state index contributed by atoms with van der Waals surface area (Å²) in [5.74, 6) is 1.14. The first kappa shape index (κ1) is 13.7. The minimum atomic E-state index is -0.759. The molecular formula is C14H20N4O. The molecule has 0 saturated carbocycles. The van der Waals surface area contributed by atoms with Crippen molar-refractivity contribution in [1.29, 1.82) is 0 Å². The number of benzene rings is 1. The summed E-state index contributed by atoms with van der Waals surface area (Å²) in [6.07, 6.45) is 0.751. The summed E-state index contributed by atoms with van der Waals surface area (Å²) in [6.45, 7) is 2.76. The van der Waals surface area contributed by atoms with Crippen molar-refractivity contribution in [2.24, 2.45) is 5.73 Å². The normalized spacial score (nSPS) is 14.6. The van der Waals surface area contributed by atoms with Crippen LogP contribution in [0.4, 0.5) is 0 Å². The van der Waals surface area contributed by atoms with Gasteiger partial charge >= 0.3 is 0 Å². The summed E-state index contributed by atoms with van der Waals surface area (Å²) < 4.78 is 5.31. The number of nitrogens with zero attached hydrogens (tertiary/aromatic N) is 3. The number of hydrogen-bond donors (Lipinski definition) is 1. The highest BCUT2D eigenvalue weighted by atomic mass is 16.5. The molecule has 1 aromatic heterocycles. The molecule has 1 unspecified atom stereocenters. The first-order valence-electron chi connectivity index (χ1n) is 6.32. The summed E-state index contributed by atoms with van der Waals surface area (Å²) in [7, 11) is 4.02. The third-order valence-electron chi connectivity index (χ3n) is 3.07. The Morgan fingerprint density at radius 2 is 1.95 bits per heavy atom. The summed E-state index contributed by atoms with van der Waals surface area (Å²) in [5.41, 5.74) is 6.52. The van der Waals surface area contributed by atoms with Crippen LogP contribution in [0.2, 0.25) is 0 Å². The highest BCUT2D eigenvalue weighted by Crippen LogP contribution is 2.24. The van der Waals surface area contributed by atoms with Gasteiger partial charge in [-0.05, 0) is 26.6 Å². The van der Waals surface area contributed by atoms with E-state index in [4.69, 9.17) is 10.3 Å². The van der Waals surface area contributed by atoms with Crippen molar-refractivity contribution in [3.8, 4) is 0 Å². The van der Waals surface area contributed by atoms with E-state index in [0.717, 1.165) is 18.5 Å². The first-order valence-corrected chi connectivity index (χ1v) is 6.32. The largest absolute Gasteiger partial charge is 0.337 e. The van der Waals surface area contributed by atoms with Gasteiger partial charge in [-0.3, -0.25) is 0 Å². The lowest BCUT2D eigenvalue weighted by Gasteiger charge is -2.20. The lowest BCUT2D eigenvalue weighted by atomic mass is 9.93. The van der Waals surface area contributed by atoms with Crippen LogP contribution in [-0.4, -0.2) is 35.7 Å². The van der Waals surface area contributed by atoms with Gasteiger partial charge in [0.25, 0.3) is 5.89 Å². The Hall–Kier alpha value is -1.72. The molecule has 0 saturated heterocycles. The fourth-order valence-corrected chi connectivity index (χ4v) is 1.80. The van der Waals surface area contributed by atoms with Gasteiger partial charge in [0, 0.05) is 13.0 Å². The molecule has 2 N–H and O–H groups in total. The molecule has 0 amide bonds. The molecule has 0 spiro atoms. The molecule has 1 heterocycles. The van der Waals surface area contributed by atoms with Crippen LogP contribution >= 0.6 is 0 Å². The fraction of sp³-hybridized carbons (Fsp3) is 0.429. The number of rotatable bonds is 5. The van der Waals surface area contributed by atoms with Gasteiger partial charge in [0.2, 0.25) is 0 Å². The van der Waals surface area contributed by atoms with E-state index in [1.54, 1.807) is 0 Å². The van der Waals surface area contributed by atoms with Gasteiger partial charge in [-0.1, -0.05) is 35.5 Å². The van der Waals surface area contributed by atoms with Crippen molar-refractivity contribution in [3.05, 3.63) is 47.6 Å². The lowest BCUT2D eigenvalue weighted by molar-refractivity contribution is 0.321. The van der Waals surface area contributed by atoms with Crippen LogP contribution in [0.15, 0.2) is 34.9 Å². The van der Waals surface area contributed by atoms with Gasteiger partial charge in [0.05, 0.1) is 0 Å². The van der Waals surface area contributed by atoms with E-state index in [1.165, 1.54) is 0 Å². The van der Waals surface area contributed by atoms with E-state index in [0.29, 0.717) is 11.7 Å². The Kier molecular flexibility index (Phi) is 3.97. The number of likely N-dealkylation sites (N-methyl/N-ethyl adjacent to an activating group) is 1. The van der Waals surface area contributed by atoms with Crippen LogP contribution in [0.5, 0.6) is 0 Å². The molecule has 0 aliphatic carbocycles. The van der Waals surface area contributed by atoms with Crippen molar-refractivity contribution in [2.45, 2.75) is 18.9 Å². The zero-order valence-corrected chi connectivity index (χ0v) is 11.6. The van der Waals surface area contributed by atoms with Gasteiger partial charge in [-0.15, -0.1) is 0 Å². The summed E-state index contributed by atoms with van der Waals surface area (Å²) >= 11 is 0. The molecular weight excluding hydrogens is 240 g/mol. The molecule has 2 aromatic rings. The van der Waals surface area contributed by atoms with Crippen LogP contribution < -0.4 is 5.73 Å². The maximum Gasteiger partial charge on any atom is 0.251 e. The topological polar surface area (TPSA) is 68.2 Å². The van der Waals surface area contributed by atoms with E-state index in [-0.39, 0.29) is 0 Å². The Bertz CT molecular complexity index is 519. The predicted molar refractivity (Wildman–Crippen MR) is 73.6 cm³/mol. The standard InChI is InChI=1S/C14H20N4O/c1-14(15,11-7-5-4-6-8-11)13-16-12(17-19-13)9-10-18(2)3/h4-8H,9-10,15H2,1-3H3. The van der Waals surface area contributed by atoms with Crippen molar-refractivity contribution in [3.63, 3.8) is 0 Å². The average Bonchev–Trinajstić information content (AvgIpc) is 2.87. The van der Waals surface area contributed by atoms with Crippen molar-refractivity contribution < 1.29 is 4.52 Å². The summed E-state index contributed by atoms with van der Waals surface area (Å²) in [6, 6.07) is 9.77. The molecule has 0 fully saturated rings. The van der Waals surface area contributed by atoms with Gasteiger partial charge < -0.3 is 15.2 Å². The highest BCUT2D eigenvalue weighted by molar-refractivity contribution is 5.28. The minimum Gasteiger partial charge on any atom is -0.337 e. The second kappa shape index (κ2) is 5.50. The first-order chi connectivity index (χ1) is 9.00. The Labute approximate surface area is 113 Å². The molecule has 5 heteroatoms. The molecule has 1 atom stereocenters. The van der Waals surface area contributed by atoms with Crippen molar-refractivity contribution in [1.82, 2.24) is 15.0 Å². The van der Waals surface area contributed by atoms with E-state index in [9.17, 15) is 0 Å². The third-order valence-corrected chi connectivity index (χ3v) is 3.07. The average molecular weight is 260 g/mol. The number of nitrogens with two attached hydrogens (primary N) is 1. The Morgan fingerprint density at radius 3 is 2.58 bits per heavy atom. The van der Waals surface area contributed by atoms with E-state index >= 15 is 0 Å². The maximum atomic E-state index is 6.32. The molecule has 0 aliphatic heterocycles. The predicted octanol–water partition coefficient (Wildman–Crippen LogP) is 1.40. The van der Waals surface area contributed by atoms with Gasteiger partial charge in [0.1, 0.15) is 5.54 Å². The second-order valence-corrected chi connectivity index (χ2v) is 5.14. The molecule has 0 aliphatic rings. The molecule has 0 radical (unpaired) electrons. The van der Waals surface area contributed by atoms with Gasteiger partial charge in [0.15, 0.2) is 5.82 Å². The van der Waals surface area contributed by atoms with E-state index in [1.807, 2.05) is 51.4 Å². The smallest absolute Gasteiger partial charge is 0.251 e. The SMILES string of the molecule is CN(C)CCc1noc(C(C)(N)c2ccccc2)n1. The van der Waals surface area contributed by atoms with E-state index < -0.39 is 5.54 Å². The number of hydrogen-bond acceptors (Lipinski definition) is 5. The van der Waals surface area contributed by atoms with Crippen molar-refractivity contribution in [2.75, 3.05) is 20.6 Å². The van der Waals surface area contributed by atoms with Crippen LogP contribution in [0.1, 0.15) is 24.2 Å². The van der Waals surface area contributed by atoms with Crippen molar-refractivity contribution >= 4 is 0 Å². The lowest BCUT2D eigenvalue weighted by Crippen LogP contribution is -2.34. The third kappa shape index (κ3) is 3.19. The molecule has 2 rings (SSSR count). The highest BCUT2D eigenvalue weighted by Gasteiger charge is 2.30. The Balaban J connectivity index is 2.17. The quantitative estimate of drug-likeness (QED) is 0.880. The monoisotopic (exact) mass is 260 g/mol. The van der Waals surface area contributed by atoms with Crippen LogP contribution in [0, 0.1) is 0 Å². The Morgan fingerprint density at radius 1 is 1.26 bits per heavy atom. The minimum absolute atomic E-state index is 0.451.